The first-order chi connectivity index (χ1) is 7.26. The molecule has 1 aromatic carbocycles. The van der Waals surface area contributed by atoms with Gasteiger partial charge in [-0.05, 0) is 11.6 Å². The normalized spacial score (nSPS) is 10.2. The first kappa shape index (κ1) is 9.53. The van der Waals surface area contributed by atoms with E-state index in [1.165, 1.54) is 13.2 Å². The molecule has 2 aromatic rings. The van der Waals surface area contributed by atoms with Crippen molar-refractivity contribution in [1.29, 1.82) is 5.26 Å². The zero-order valence-electron chi connectivity index (χ0n) is 8.17. The SMILES string of the molecule is COc1cc(F)c2[nH]cc(CC#N)c2c1. The van der Waals surface area contributed by atoms with Crippen LogP contribution in [0.3, 0.4) is 0 Å². The molecule has 0 unspecified atom stereocenters. The summed E-state index contributed by atoms with van der Waals surface area (Å²) in [6.45, 7) is 0. The van der Waals surface area contributed by atoms with E-state index in [0.717, 1.165) is 5.56 Å². The van der Waals surface area contributed by atoms with E-state index in [9.17, 15) is 4.39 Å². The number of fused-ring (bicyclic) bond motifs is 1. The number of nitriles is 1. The van der Waals surface area contributed by atoms with Crippen LogP contribution in [0.2, 0.25) is 0 Å². The predicted molar refractivity (Wildman–Crippen MR) is 54.1 cm³/mol. The average molecular weight is 204 g/mol. The number of H-pyrrole nitrogens is 1. The highest BCUT2D eigenvalue weighted by atomic mass is 19.1. The third-order valence-corrected chi connectivity index (χ3v) is 2.31. The Bertz CT molecular complexity index is 539. The highest BCUT2D eigenvalue weighted by molar-refractivity contribution is 5.85. The van der Waals surface area contributed by atoms with Gasteiger partial charge in [0.2, 0.25) is 0 Å². The summed E-state index contributed by atoms with van der Waals surface area (Å²) in [7, 11) is 1.48. The molecule has 0 atom stereocenters. The number of hydrogen-bond acceptors (Lipinski definition) is 2. The highest BCUT2D eigenvalue weighted by Crippen LogP contribution is 2.26. The molecular formula is C11H9FN2O. The van der Waals surface area contributed by atoms with Gasteiger partial charge in [0.05, 0.1) is 25.1 Å². The Morgan fingerprint density at radius 1 is 1.53 bits per heavy atom. The number of halogens is 1. The lowest BCUT2D eigenvalue weighted by molar-refractivity contribution is 0.412. The van der Waals surface area contributed by atoms with E-state index in [1.807, 2.05) is 6.07 Å². The van der Waals surface area contributed by atoms with Crippen LogP contribution < -0.4 is 4.74 Å². The lowest BCUT2D eigenvalue weighted by Gasteiger charge is -2.01. The van der Waals surface area contributed by atoms with Gasteiger partial charge in [0.15, 0.2) is 5.82 Å². The Morgan fingerprint density at radius 3 is 3.00 bits per heavy atom. The molecule has 0 amide bonds. The number of hydrogen-bond donors (Lipinski definition) is 1. The summed E-state index contributed by atoms with van der Waals surface area (Å²) in [4.78, 5) is 2.81. The second-order valence-corrected chi connectivity index (χ2v) is 3.18. The zero-order valence-corrected chi connectivity index (χ0v) is 8.17. The second kappa shape index (κ2) is 3.62. The maximum absolute atomic E-state index is 13.5. The maximum Gasteiger partial charge on any atom is 0.150 e. The first-order valence-corrected chi connectivity index (χ1v) is 4.46. The monoisotopic (exact) mass is 204 g/mol. The van der Waals surface area contributed by atoms with Gasteiger partial charge in [-0.15, -0.1) is 0 Å². The van der Waals surface area contributed by atoms with E-state index in [4.69, 9.17) is 10.00 Å². The summed E-state index contributed by atoms with van der Waals surface area (Å²) in [5.41, 5.74) is 1.20. The topological polar surface area (TPSA) is 48.8 Å². The Labute approximate surface area is 86.1 Å². The van der Waals surface area contributed by atoms with E-state index in [-0.39, 0.29) is 12.2 Å². The van der Waals surface area contributed by atoms with Crippen LogP contribution in [-0.4, -0.2) is 12.1 Å². The molecule has 0 spiro atoms. The van der Waals surface area contributed by atoms with Gasteiger partial charge in [-0.1, -0.05) is 0 Å². The lowest BCUT2D eigenvalue weighted by Crippen LogP contribution is -1.86. The summed E-state index contributed by atoms with van der Waals surface area (Å²) in [5.74, 6) is 0.0901. The highest BCUT2D eigenvalue weighted by Gasteiger charge is 2.09. The van der Waals surface area contributed by atoms with Crippen LogP contribution >= 0.6 is 0 Å². The number of aromatic amines is 1. The van der Waals surface area contributed by atoms with E-state index in [1.54, 1.807) is 12.3 Å². The van der Waals surface area contributed by atoms with Crippen molar-refractivity contribution in [2.75, 3.05) is 7.11 Å². The fraction of sp³-hybridized carbons (Fsp3) is 0.182. The number of nitrogens with zero attached hydrogens (tertiary/aromatic N) is 1. The molecule has 76 valence electrons. The van der Waals surface area contributed by atoms with Crippen molar-refractivity contribution < 1.29 is 9.13 Å². The van der Waals surface area contributed by atoms with Gasteiger partial charge in [-0.2, -0.15) is 5.26 Å². The van der Waals surface area contributed by atoms with Gasteiger partial charge in [0, 0.05) is 17.6 Å². The molecule has 0 aliphatic rings. The van der Waals surface area contributed by atoms with Crippen LogP contribution in [0.4, 0.5) is 4.39 Å². The first-order valence-electron chi connectivity index (χ1n) is 4.46. The minimum absolute atomic E-state index is 0.257. The van der Waals surface area contributed by atoms with Crippen LogP contribution in [0, 0.1) is 17.1 Å². The number of nitrogens with one attached hydrogen (secondary N) is 1. The third-order valence-electron chi connectivity index (χ3n) is 2.31. The number of aromatic nitrogens is 1. The van der Waals surface area contributed by atoms with E-state index in [0.29, 0.717) is 16.7 Å². The van der Waals surface area contributed by atoms with Gasteiger partial charge in [0.25, 0.3) is 0 Å². The van der Waals surface area contributed by atoms with Crippen molar-refractivity contribution in [3.8, 4) is 11.8 Å². The number of methoxy groups -OCH3 is 1. The van der Waals surface area contributed by atoms with Gasteiger partial charge >= 0.3 is 0 Å². The molecule has 4 heteroatoms. The van der Waals surface area contributed by atoms with E-state index < -0.39 is 0 Å². The van der Waals surface area contributed by atoms with Crippen LogP contribution in [0.5, 0.6) is 5.75 Å². The molecule has 1 N–H and O–H groups in total. The summed E-state index contributed by atoms with van der Waals surface area (Å²) in [6, 6.07) is 5.07. The van der Waals surface area contributed by atoms with Crippen molar-refractivity contribution in [2.24, 2.45) is 0 Å². The van der Waals surface area contributed by atoms with Crippen LogP contribution in [0.25, 0.3) is 10.9 Å². The maximum atomic E-state index is 13.5. The molecule has 0 saturated heterocycles. The van der Waals surface area contributed by atoms with Crippen molar-refractivity contribution in [3.63, 3.8) is 0 Å². The van der Waals surface area contributed by atoms with Crippen LogP contribution in [0.1, 0.15) is 5.56 Å². The summed E-state index contributed by atoms with van der Waals surface area (Å²) >= 11 is 0. The number of benzene rings is 1. The smallest absolute Gasteiger partial charge is 0.150 e. The molecule has 2 rings (SSSR count). The summed E-state index contributed by atoms with van der Waals surface area (Å²) < 4.78 is 18.5. The number of ether oxygens (including phenoxy) is 1. The number of rotatable bonds is 2. The quantitative estimate of drug-likeness (QED) is 0.816. The third kappa shape index (κ3) is 1.52. The van der Waals surface area contributed by atoms with Crippen LogP contribution in [0.15, 0.2) is 18.3 Å². The fourth-order valence-electron chi connectivity index (χ4n) is 1.57. The molecule has 0 aliphatic heterocycles. The minimum Gasteiger partial charge on any atom is -0.497 e. The molecular weight excluding hydrogens is 195 g/mol. The van der Waals surface area contributed by atoms with Crippen molar-refractivity contribution >= 4 is 10.9 Å². The molecule has 0 saturated carbocycles. The molecule has 0 aliphatic carbocycles. The Hall–Kier alpha value is -2.02. The van der Waals surface area contributed by atoms with Gasteiger partial charge in [0.1, 0.15) is 5.75 Å². The average Bonchev–Trinajstić information content (AvgIpc) is 2.63. The molecule has 0 bridgehead atoms. The molecule has 1 aromatic heterocycles. The summed E-state index contributed by atoms with van der Waals surface area (Å²) in [6.07, 6.45) is 1.91. The summed E-state index contributed by atoms with van der Waals surface area (Å²) in [5, 5.41) is 9.31. The fourth-order valence-corrected chi connectivity index (χ4v) is 1.57. The largest absolute Gasteiger partial charge is 0.497 e. The molecule has 3 nitrogen and oxygen atoms in total. The lowest BCUT2D eigenvalue weighted by atomic mass is 10.1. The predicted octanol–water partition coefficient (Wildman–Crippen LogP) is 2.38. The van der Waals surface area contributed by atoms with Crippen molar-refractivity contribution in [1.82, 2.24) is 4.98 Å². The Kier molecular flexibility index (Phi) is 2.30. The Balaban J connectivity index is 2.68. The zero-order chi connectivity index (χ0) is 10.8. The van der Waals surface area contributed by atoms with E-state index >= 15 is 0 Å². The van der Waals surface area contributed by atoms with Crippen molar-refractivity contribution in [3.05, 3.63) is 29.7 Å². The van der Waals surface area contributed by atoms with Crippen LogP contribution in [-0.2, 0) is 6.42 Å². The standard InChI is InChI=1S/C11H9FN2O/c1-15-8-4-9-7(2-3-13)6-14-11(9)10(12)5-8/h4-6,14H,2H2,1H3. The minimum atomic E-state index is -0.367. The van der Waals surface area contributed by atoms with Gasteiger partial charge in [-0.3, -0.25) is 0 Å². The van der Waals surface area contributed by atoms with Gasteiger partial charge in [-0.25, -0.2) is 4.39 Å². The second-order valence-electron chi connectivity index (χ2n) is 3.18. The Morgan fingerprint density at radius 2 is 2.33 bits per heavy atom. The molecule has 0 fully saturated rings. The molecule has 15 heavy (non-hydrogen) atoms. The van der Waals surface area contributed by atoms with Crippen molar-refractivity contribution in [2.45, 2.75) is 6.42 Å². The molecule has 0 radical (unpaired) electrons. The van der Waals surface area contributed by atoms with E-state index in [2.05, 4.69) is 4.98 Å². The molecule has 1 heterocycles. The van der Waals surface area contributed by atoms with Gasteiger partial charge < -0.3 is 9.72 Å².